The molecular weight excluding hydrogens is 444 g/mol. The Balaban J connectivity index is 1.54. The van der Waals surface area contributed by atoms with Crippen LogP contribution in [0.3, 0.4) is 0 Å². The van der Waals surface area contributed by atoms with Crippen LogP contribution in [0.4, 0.5) is 5.69 Å². The maximum Gasteiger partial charge on any atom is 0.339 e. The molecule has 0 unspecified atom stereocenters. The van der Waals surface area contributed by atoms with Gasteiger partial charge in [0.1, 0.15) is 11.5 Å². The van der Waals surface area contributed by atoms with Crippen molar-refractivity contribution in [1.29, 1.82) is 0 Å². The van der Waals surface area contributed by atoms with E-state index in [4.69, 9.17) is 9.47 Å². The minimum atomic E-state index is -0.570. The summed E-state index contributed by atoms with van der Waals surface area (Å²) in [5.74, 6) is -0.325. The van der Waals surface area contributed by atoms with E-state index in [1.54, 1.807) is 24.3 Å². The van der Waals surface area contributed by atoms with Crippen LogP contribution < -0.4 is 10.1 Å². The van der Waals surface area contributed by atoms with Crippen LogP contribution in [0.25, 0.3) is 11.1 Å². The summed E-state index contributed by atoms with van der Waals surface area (Å²) in [6.07, 6.45) is 2.13. The molecule has 1 saturated heterocycles. The molecule has 4 rings (SSSR count). The van der Waals surface area contributed by atoms with E-state index in [0.29, 0.717) is 24.0 Å². The number of hydrogen-bond acceptors (Lipinski definition) is 6. The molecule has 1 fully saturated rings. The van der Waals surface area contributed by atoms with Gasteiger partial charge in [-0.15, -0.1) is 0 Å². The molecule has 0 saturated carbocycles. The van der Waals surface area contributed by atoms with Gasteiger partial charge in [-0.1, -0.05) is 36.4 Å². The number of phenols is 1. The van der Waals surface area contributed by atoms with Gasteiger partial charge < -0.3 is 24.8 Å². The second kappa shape index (κ2) is 11.1. The Morgan fingerprint density at radius 3 is 2.43 bits per heavy atom. The van der Waals surface area contributed by atoms with Crippen molar-refractivity contribution in [3.8, 4) is 22.6 Å². The van der Waals surface area contributed by atoms with Gasteiger partial charge in [-0.3, -0.25) is 4.79 Å². The fourth-order valence-corrected chi connectivity index (χ4v) is 4.17. The number of piperidine rings is 1. The number of nitrogens with one attached hydrogen (secondary N) is 1. The van der Waals surface area contributed by atoms with Crippen LogP contribution in [0.1, 0.15) is 33.6 Å². The van der Waals surface area contributed by atoms with Crippen molar-refractivity contribution in [2.24, 2.45) is 5.92 Å². The van der Waals surface area contributed by atoms with Gasteiger partial charge in [0, 0.05) is 0 Å². The molecular formula is C28H30N2O5. The second-order valence-electron chi connectivity index (χ2n) is 8.81. The number of rotatable bonds is 7. The summed E-state index contributed by atoms with van der Waals surface area (Å²) in [6, 6.07) is 19.4. The summed E-state index contributed by atoms with van der Waals surface area (Å²) in [5.41, 5.74) is 2.33. The van der Waals surface area contributed by atoms with E-state index in [1.165, 1.54) is 19.2 Å². The van der Waals surface area contributed by atoms with E-state index < -0.39 is 11.9 Å². The predicted molar refractivity (Wildman–Crippen MR) is 135 cm³/mol. The van der Waals surface area contributed by atoms with E-state index >= 15 is 0 Å². The van der Waals surface area contributed by atoms with Crippen LogP contribution in [0.5, 0.6) is 11.5 Å². The number of likely N-dealkylation sites (tertiary alicyclic amines) is 1. The van der Waals surface area contributed by atoms with Gasteiger partial charge in [-0.25, -0.2) is 4.79 Å². The SMILES string of the molecule is COC(=O)c1ccc(-c2ccccc2)cc1NC(=O)c1cc(OCC2CCN(C)CC2)ccc1O. The molecule has 1 amide bonds. The molecule has 1 heterocycles. The lowest BCUT2D eigenvalue weighted by Crippen LogP contribution is -2.32. The molecule has 7 heteroatoms. The van der Waals surface area contributed by atoms with Gasteiger partial charge in [0.05, 0.1) is 30.5 Å². The lowest BCUT2D eigenvalue weighted by Gasteiger charge is -2.28. The van der Waals surface area contributed by atoms with Crippen LogP contribution in [-0.2, 0) is 4.74 Å². The normalized spacial score (nSPS) is 14.3. The highest BCUT2D eigenvalue weighted by Gasteiger charge is 2.20. The zero-order valence-electron chi connectivity index (χ0n) is 20.0. The largest absolute Gasteiger partial charge is 0.507 e. The van der Waals surface area contributed by atoms with Gasteiger partial charge in [-0.05, 0) is 80.4 Å². The second-order valence-corrected chi connectivity index (χ2v) is 8.81. The Kier molecular flexibility index (Phi) is 7.67. The van der Waals surface area contributed by atoms with Crippen molar-refractivity contribution in [2.75, 3.05) is 39.2 Å². The lowest BCUT2D eigenvalue weighted by atomic mass is 9.98. The topological polar surface area (TPSA) is 88.1 Å². The molecule has 0 bridgehead atoms. The third-order valence-corrected chi connectivity index (χ3v) is 6.32. The maximum absolute atomic E-state index is 13.2. The van der Waals surface area contributed by atoms with E-state index in [0.717, 1.165) is 37.1 Å². The van der Waals surface area contributed by atoms with Crippen molar-refractivity contribution in [3.05, 3.63) is 77.9 Å². The predicted octanol–water partition coefficient (Wildman–Crippen LogP) is 4.82. The molecule has 0 aromatic heterocycles. The zero-order chi connectivity index (χ0) is 24.8. The Bertz CT molecular complexity index is 1190. The summed E-state index contributed by atoms with van der Waals surface area (Å²) >= 11 is 0. The fraction of sp³-hybridized carbons (Fsp3) is 0.286. The van der Waals surface area contributed by atoms with Gasteiger partial charge in [0.25, 0.3) is 5.91 Å². The zero-order valence-corrected chi connectivity index (χ0v) is 20.0. The summed E-state index contributed by atoms with van der Waals surface area (Å²) < 4.78 is 10.8. The van der Waals surface area contributed by atoms with Crippen LogP contribution >= 0.6 is 0 Å². The number of phenolic OH excluding ortho intramolecular Hbond substituents is 1. The highest BCUT2D eigenvalue weighted by molar-refractivity contribution is 6.10. The number of methoxy groups -OCH3 is 1. The van der Waals surface area contributed by atoms with Crippen LogP contribution in [0, 0.1) is 5.92 Å². The number of hydrogen-bond donors (Lipinski definition) is 2. The minimum Gasteiger partial charge on any atom is -0.507 e. The summed E-state index contributed by atoms with van der Waals surface area (Å²) in [7, 11) is 3.40. The molecule has 3 aromatic carbocycles. The number of anilines is 1. The summed E-state index contributed by atoms with van der Waals surface area (Å²) in [5, 5.41) is 13.1. The van der Waals surface area contributed by atoms with Crippen molar-refractivity contribution in [2.45, 2.75) is 12.8 Å². The molecule has 3 aromatic rings. The molecule has 0 radical (unpaired) electrons. The molecule has 1 aliphatic heterocycles. The van der Waals surface area contributed by atoms with Gasteiger partial charge in [-0.2, -0.15) is 0 Å². The molecule has 35 heavy (non-hydrogen) atoms. The van der Waals surface area contributed by atoms with Gasteiger partial charge in [0.2, 0.25) is 0 Å². The third-order valence-electron chi connectivity index (χ3n) is 6.32. The monoisotopic (exact) mass is 474 g/mol. The highest BCUT2D eigenvalue weighted by Crippen LogP contribution is 2.29. The first-order chi connectivity index (χ1) is 16.9. The number of esters is 1. The molecule has 7 nitrogen and oxygen atoms in total. The number of amides is 1. The number of benzene rings is 3. The fourth-order valence-electron chi connectivity index (χ4n) is 4.17. The maximum atomic E-state index is 13.2. The number of nitrogens with zero attached hydrogens (tertiary/aromatic N) is 1. The van der Waals surface area contributed by atoms with Crippen LogP contribution in [0.15, 0.2) is 66.7 Å². The molecule has 0 atom stereocenters. The van der Waals surface area contributed by atoms with E-state index in [9.17, 15) is 14.7 Å². The first kappa shape index (κ1) is 24.3. The molecule has 182 valence electrons. The summed E-state index contributed by atoms with van der Waals surface area (Å²) in [6.45, 7) is 2.65. The van der Waals surface area contributed by atoms with E-state index in [2.05, 4.69) is 17.3 Å². The Morgan fingerprint density at radius 1 is 0.971 bits per heavy atom. The van der Waals surface area contributed by atoms with Gasteiger partial charge >= 0.3 is 5.97 Å². The first-order valence-electron chi connectivity index (χ1n) is 11.7. The quantitative estimate of drug-likeness (QED) is 0.478. The molecule has 0 spiro atoms. The lowest BCUT2D eigenvalue weighted by molar-refractivity contribution is 0.0602. The summed E-state index contributed by atoms with van der Waals surface area (Å²) in [4.78, 5) is 27.8. The first-order valence-corrected chi connectivity index (χ1v) is 11.7. The van der Waals surface area contributed by atoms with E-state index in [-0.39, 0.29) is 16.9 Å². The number of aromatic hydroxyl groups is 1. The molecule has 2 N–H and O–H groups in total. The number of ether oxygens (including phenoxy) is 2. The van der Waals surface area contributed by atoms with Gasteiger partial charge in [0.15, 0.2) is 0 Å². The average molecular weight is 475 g/mol. The van der Waals surface area contributed by atoms with Crippen LogP contribution in [0.2, 0.25) is 0 Å². The van der Waals surface area contributed by atoms with E-state index in [1.807, 2.05) is 30.3 Å². The van der Waals surface area contributed by atoms with Crippen molar-refractivity contribution < 1.29 is 24.2 Å². The smallest absolute Gasteiger partial charge is 0.339 e. The van der Waals surface area contributed by atoms with Crippen molar-refractivity contribution in [3.63, 3.8) is 0 Å². The van der Waals surface area contributed by atoms with Crippen LogP contribution in [-0.4, -0.2) is 55.7 Å². The molecule has 1 aliphatic rings. The third kappa shape index (κ3) is 6.00. The number of carbonyl (C=O) groups is 2. The standard InChI is InChI=1S/C28H30N2O5/c1-30-14-12-19(13-15-30)18-35-22-9-11-26(31)24(17-22)27(32)29-25-16-21(20-6-4-3-5-7-20)8-10-23(25)28(33)34-2/h3-11,16-17,19,31H,12-15,18H2,1-2H3,(H,29,32). The van der Waals surface area contributed by atoms with Crippen molar-refractivity contribution in [1.82, 2.24) is 4.90 Å². The minimum absolute atomic E-state index is 0.0619. The average Bonchev–Trinajstić information content (AvgIpc) is 2.89. The van der Waals surface area contributed by atoms with Crippen molar-refractivity contribution >= 4 is 17.6 Å². The Hall–Kier alpha value is -3.84. The highest BCUT2D eigenvalue weighted by atomic mass is 16.5. The Morgan fingerprint density at radius 2 is 1.71 bits per heavy atom. The molecule has 0 aliphatic carbocycles. The Labute approximate surface area is 205 Å². The number of carbonyl (C=O) groups excluding carboxylic acids is 2.